The smallest absolute Gasteiger partial charge is 0.316 e. The number of unbranched alkanes of at least 4 members (excludes halogenated alkanes) is 1. The molecule has 2 aromatic carbocycles. The molecule has 206 valence electrons. The Kier molecular flexibility index (Phi) is 11.9. The Morgan fingerprint density at radius 2 is 1.68 bits per heavy atom. The van der Waals surface area contributed by atoms with Crippen molar-refractivity contribution in [1.29, 1.82) is 0 Å². The van der Waals surface area contributed by atoms with E-state index < -0.39 is 5.41 Å². The molecular formula is C32H44N2O4. The van der Waals surface area contributed by atoms with Gasteiger partial charge < -0.3 is 20.1 Å². The minimum Gasteiger partial charge on any atom is -0.492 e. The third-order valence-corrected chi connectivity index (χ3v) is 7.40. The molecule has 1 aliphatic carbocycles. The zero-order valence-electron chi connectivity index (χ0n) is 23.0. The van der Waals surface area contributed by atoms with Crippen LogP contribution in [0.3, 0.4) is 0 Å². The highest BCUT2D eigenvalue weighted by Gasteiger charge is 2.44. The lowest BCUT2D eigenvalue weighted by atomic mass is 9.72. The summed E-state index contributed by atoms with van der Waals surface area (Å²) in [5, 5.41) is 6.07. The van der Waals surface area contributed by atoms with Crippen LogP contribution in [0.2, 0.25) is 0 Å². The molecule has 1 fully saturated rings. The van der Waals surface area contributed by atoms with Crippen LogP contribution in [0, 0.1) is 5.92 Å². The molecule has 6 nitrogen and oxygen atoms in total. The summed E-state index contributed by atoms with van der Waals surface area (Å²) in [6, 6.07) is 19.7. The molecule has 2 N–H and O–H groups in total. The predicted molar refractivity (Wildman–Crippen MR) is 152 cm³/mol. The Morgan fingerprint density at radius 3 is 2.34 bits per heavy atom. The second kappa shape index (κ2) is 15.3. The first-order valence-electron chi connectivity index (χ1n) is 14.1. The molecule has 1 saturated carbocycles. The molecular weight excluding hydrogens is 476 g/mol. The predicted octanol–water partition coefficient (Wildman–Crippen LogP) is 5.58. The number of ether oxygens (including phenoxy) is 2. The van der Waals surface area contributed by atoms with Crippen molar-refractivity contribution in [3.05, 3.63) is 78.4 Å². The maximum atomic E-state index is 13.7. The van der Waals surface area contributed by atoms with Crippen LogP contribution in [0.1, 0.15) is 64.4 Å². The topological polar surface area (TPSA) is 76.7 Å². The Bertz CT molecular complexity index is 1010. The van der Waals surface area contributed by atoms with Crippen LogP contribution in [0.4, 0.5) is 0 Å². The van der Waals surface area contributed by atoms with E-state index in [1.807, 2.05) is 48.5 Å². The van der Waals surface area contributed by atoms with Gasteiger partial charge in [0, 0.05) is 12.3 Å². The molecule has 0 aliphatic heterocycles. The lowest BCUT2D eigenvalue weighted by molar-refractivity contribution is -0.162. The second-order valence-corrected chi connectivity index (χ2v) is 10.2. The first kappa shape index (κ1) is 29.4. The number of para-hydroxylation sites is 1. The van der Waals surface area contributed by atoms with Gasteiger partial charge in [-0.05, 0) is 43.5 Å². The number of benzene rings is 2. The average molecular weight is 521 g/mol. The molecule has 1 aliphatic rings. The van der Waals surface area contributed by atoms with E-state index in [0.717, 1.165) is 55.4 Å². The third-order valence-electron chi connectivity index (χ3n) is 7.40. The van der Waals surface area contributed by atoms with Crippen LogP contribution in [0.25, 0.3) is 0 Å². The summed E-state index contributed by atoms with van der Waals surface area (Å²) in [7, 11) is 0. The summed E-state index contributed by atoms with van der Waals surface area (Å²) in [6.07, 6.45) is 5.85. The molecule has 1 amide bonds. The molecule has 2 aromatic rings. The Labute approximate surface area is 228 Å². The van der Waals surface area contributed by atoms with Gasteiger partial charge in [-0.1, -0.05) is 93.8 Å². The summed E-state index contributed by atoms with van der Waals surface area (Å²) in [6.45, 7) is 10.2. The van der Waals surface area contributed by atoms with Gasteiger partial charge in [0.05, 0.1) is 18.5 Å². The highest BCUT2D eigenvalue weighted by molar-refractivity contribution is 5.83. The van der Waals surface area contributed by atoms with Crippen molar-refractivity contribution >= 4 is 11.9 Å². The average Bonchev–Trinajstić information content (AvgIpc) is 2.94. The number of amides is 1. The van der Waals surface area contributed by atoms with Gasteiger partial charge in [-0.25, -0.2) is 0 Å². The molecule has 0 saturated heterocycles. The zero-order chi connectivity index (χ0) is 27.2. The monoisotopic (exact) mass is 520 g/mol. The van der Waals surface area contributed by atoms with Crippen LogP contribution in [-0.4, -0.2) is 44.2 Å². The summed E-state index contributed by atoms with van der Waals surface area (Å²) in [5.74, 6) is 0.735. The Morgan fingerprint density at radius 1 is 0.974 bits per heavy atom. The first-order chi connectivity index (χ1) is 18.5. The van der Waals surface area contributed by atoms with Crippen molar-refractivity contribution in [2.45, 2.75) is 70.3 Å². The van der Waals surface area contributed by atoms with Crippen molar-refractivity contribution in [3.8, 4) is 5.75 Å². The molecule has 3 unspecified atom stereocenters. The maximum Gasteiger partial charge on any atom is 0.316 e. The summed E-state index contributed by atoms with van der Waals surface area (Å²) < 4.78 is 11.8. The van der Waals surface area contributed by atoms with Crippen molar-refractivity contribution in [2.75, 3.05) is 26.2 Å². The lowest BCUT2D eigenvalue weighted by Gasteiger charge is -2.41. The van der Waals surface area contributed by atoms with E-state index in [-0.39, 0.29) is 30.4 Å². The van der Waals surface area contributed by atoms with Crippen molar-refractivity contribution < 1.29 is 19.1 Å². The van der Waals surface area contributed by atoms with Gasteiger partial charge in [-0.15, -0.1) is 0 Å². The fourth-order valence-electron chi connectivity index (χ4n) is 5.21. The van der Waals surface area contributed by atoms with E-state index in [1.165, 1.54) is 0 Å². The minimum atomic E-state index is -0.603. The van der Waals surface area contributed by atoms with E-state index in [9.17, 15) is 9.59 Å². The van der Waals surface area contributed by atoms with Gasteiger partial charge in [0.1, 0.15) is 18.5 Å². The first-order valence-corrected chi connectivity index (χ1v) is 14.1. The molecule has 3 atom stereocenters. The quantitative estimate of drug-likeness (QED) is 0.162. The van der Waals surface area contributed by atoms with E-state index in [2.05, 4.69) is 43.2 Å². The molecule has 0 radical (unpaired) electrons. The number of hydrogen-bond donors (Lipinski definition) is 2. The van der Waals surface area contributed by atoms with Gasteiger partial charge in [0.15, 0.2) is 0 Å². The summed E-state index contributed by atoms with van der Waals surface area (Å²) in [4.78, 5) is 25.9. The van der Waals surface area contributed by atoms with E-state index >= 15 is 0 Å². The molecule has 0 bridgehead atoms. The molecule has 38 heavy (non-hydrogen) atoms. The molecule has 0 aromatic heterocycles. The number of hydrogen-bond acceptors (Lipinski definition) is 5. The van der Waals surface area contributed by atoms with Crippen LogP contribution < -0.4 is 15.4 Å². The van der Waals surface area contributed by atoms with Crippen LogP contribution in [0.15, 0.2) is 72.8 Å². The highest BCUT2D eigenvalue weighted by Crippen LogP contribution is 2.42. The standard InChI is InChI=1S/C32H44N2O4/c1-4-6-19-32(18-5-2,26-13-9-7-10-14-26)31(36)38-29-23-25(3)28(29)17-20-33-24-30(35)34-21-22-37-27-15-11-8-12-16-27/h7-16,28-29,33H,3-6,17-24H2,1-2H3,(H,34,35). The number of rotatable bonds is 17. The van der Waals surface area contributed by atoms with Gasteiger partial charge in [0.25, 0.3) is 0 Å². The van der Waals surface area contributed by atoms with Crippen molar-refractivity contribution in [3.63, 3.8) is 0 Å². The minimum absolute atomic E-state index is 0.0693. The fraction of sp³-hybridized carbons (Fsp3) is 0.500. The van der Waals surface area contributed by atoms with Crippen molar-refractivity contribution in [2.24, 2.45) is 5.92 Å². The molecule has 6 heteroatoms. The third kappa shape index (κ3) is 8.19. The molecule has 0 heterocycles. The lowest BCUT2D eigenvalue weighted by Crippen LogP contribution is -2.46. The van der Waals surface area contributed by atoms with Gasteiger partial charge in [-0.3, -0.25) is 9.59 Å². The van der Waals surface area contributed by atoms with Crippen LogP contribution >= 0.6 is 0 Å². The van der Waals surface area contributed by atoms with Gasteiger partial charge >= 0.3 is 5.97 Å². The molecule has 0 spiro atoms. The Balaban J connectivity index is 1.44. The zero-order valence-corrected chi connectivity index (χ0v) is 23.0. The summed E-state index contributed by atoms with van der Waals surface area (Å²) >= 11 is 0. The van der Waals surface area contributed by atoms with Crippen LogP contribution in [-0.2, 0) is 19.7 Å². The fourth-order valence-corrected chi connectivity index (χ4v) is 5.21. The van der Waals surface area contributed by atoms with Gasteiger partial charge in [-0.2, -0.15) is 0 Å². The maximum absolute atomic E-state index is 13.7. The van der Waals surface area contributed by atoms with Gasteiger partial charge in [0.2, 0.25) is 5.91 Å². The van der Waals surface area contributed by atoms with Crippen LogP contribution in [0.5, 0.6) is 5.75 Å². The highest BCUT2D eigenvalue weighted by atomic mass is 16.5. The van der Waals surface area contributed by atoms with Crippen molar-refractivity contribution in [1.82, 2.24) is 10.6 Å². The Hall–Kier alpha value is -3.12. The van der Waals surface area contributed by atoms with E-state index in [1.54, 1.807) is 0 Å². The SMILES string of the molecule is C=C1CC(OC(=O)C(CCC)(CCCC)c2ccccc2)C1CCNCC(=O)NCCOc1ccccc1. The molecule has 3 rings (SSSR count). The number of esters is 1. The van der Waals surface area contributed by atoms with E-state index in [0.29, 0.717) is 26.1 Å². The van der Waals surface area contributed by atoms with E-state index in [4.69, 9.17) is 9.47 Å². The number of carbonyl (C=O) groups is 2. The number of nitrogens with one attached hydrogen (secondary N) is 2. The number of carbonyl (C=O) groups excluding carboxylic acids is 2. The summed E-state index contributed by atoms with van der Waals surface area (Å²) in [5.41, 5.74) is 1.56. The normalized spacial score (nSPS) is 18.2. The second-order valence-electron chi connectivity index (χ2n) is 10.2. The largest absolute Gasteiger partial charge is 0.492 e.